The first-order valence-corrected chi connectivity index (χ1v) is 8.16. The first-order chi connectivity index (χ1) is 11.7. The topological polar surface area (TPSA) is 80.9 Å². The Bertz CT molecular complexity index is 741. The summed E-state index contributed by atoms with van der Waals surface area (Å²) in [4.78, 5) is 6.55. The number of aromatic nitrogens is 2. The normalized spacial score (nSPS) is 20.7. The molecule has 0 saturated heterocycles. The van der Waals surface area contributed by atoms with Gasteiger partial charge in [-0.25, -0.2) is 0 Å². The number of hydrogen-bond acceptors (Lipinski definition) is 7. The molecule has 0 bridgehead atoms. The first-order valence-electron chi connectivity index (χ1n) is 8.16. The fraction of sp³-hybridized carbons (Fsp3) is 0.529. The molecule has 1 aliphatic carbocycles. The summed E-state index contributed by atoms with van der Waals surface area (Å²) in [6, 6.07) is 3.70. The summed E-state index contributed by atoms with van der Waals surface area (Å²) in [5, 5.41) is 14.6. The molecular formula is C17H21N3O4. The van der Waals surface area contributed by atoms with Crippen LogP contribution in [0.25, 0.3) is 0 Å². The Morgan fingerprint density at radius 1 is 1.25 bits per heavy atom. The van der Waals surface area contributed by atoms with Crippen LogP contribution in [0.15, 0.2) is 16.7 Å². The molecule has 7 heteroatoms. The van der Waals surface area contributed by atoms with Gasteiger partial charge in [-0.2, -0.15) is 4.98 Å². The lowest BCUT2D eigenvalue weighted by atomic mass is 9.95. The second-order valence-corrected chi connectivity index (χ2v) is 6.37. The molecule has 0 radical (unpaired) electrons. The van der Waals surface area contributed by atoms with Gasteiger partial charge in [-0.15, -0.1) is 0 Å². The van der Waals surface area contributed by atoms with E-state index >= 15 is 0 Å². The zero-order valence-corrected chi connectivity index (χ0v) is 13.9. The maximum absolute atomic E-state index is 10.6. The SMILES string of the molecule is COc1ccc(OC)c2c1CN(Cc1nc(C3CC3)no1)C[C@H]2O. The number of hydrogen-bond donors (Lipinski definition) is 1. The maximum atomic E-state index is 10.6. The summed E-state index contributed by atoms with van der Waals surface area (Å²) in [6.45, 7) is 1.63. The summed E-state index contributed by atoms with van der Waals surface area (Å²) >= 11 is 0. The highest BCUT2D eigenvalue weighted by molar-refractivity contribution is 5.51. The largest absolute Gasteiger partial charge is 0.496 e. The zero-order chi connectivity index (χ0) is 16.7. The Morgan fingerprint density at radius 2 is 2.00 bits per heavy atom. The van der Waals surface area contributed by atoms with Crippen LogP contribution < -0.4 is 9.47 Å². The van der Waals surface area contributed by atoms with Crippen molar-refractivity contribution < 1.29 is 19.1 Å². The molecule has 128 valence electrons. The number of methoxy groups -OCH3 is 2. The number of aliphatic hydroxyl groups is 1. The summed E-state index contributed by atoms with van der Waals surface area (Å²) in [5.74, 6) is 3.31. The summed E-state index contributed by atoms with van der Waals surface area (Å²) < 4.78 is 16.2. The molecule has 1 aliphatic heterocycles. The average Bonchev–Trinajstić information content (AvgIpc) is 3.34. The molecule has 0 unspecified atom stereocenters. The Balaban J connectivity index is 1.57. The van der Waals surface area contributed by atoms with Crippen molar-refractivity contribution >= 4 is 0 Å². The van der Waals surface area contributed by atoms with Crippen LogP contribution in [0, 0.1) is 0 Å². The maximum Gasteiger partial charge on any atom is 0.240 e. The molecule has 4 rings (SSSR count). The van der Waals surface area contributed by atoms with E-state index in [0.29, 0.717) is 37.2 Å². The molecule has 1 aromatic carbocycles. The predicted molar refractivity (Wildman–Crippen MR) is 84.9 cm³/mol. The minimum atomic E-state index is -0.648. The average molecular weight is 331 g/mol. The van der Waals surface area contributed by atoms with E-state index in [-0.39, 0.29) is 0 Å². The molecule has 1 N–H and O–H groups in total. The van der Waals surface area contributed by atoms with E-state index in [1.54, 1.807) is 14.2 Å². The van der Waals surface area contributed by atoms with Crippen molar-refractivity contribution in [1.29, 1.82) is 0 Å². The molecule has 1 fully saturated rings. The second-order valence-electron chi connectivity index (χ2n) is 6.37. The first kappa shape index (κ1) is 15.4. The molecule has 1 atom stereocenters. The standard InChI is InChI=1S/C17H21N3O4/c1-22-13-5-6-14(23-2)16-11(13)7-20(8-12(16)21)9-15-18-17(19-24-15)10-3-4-10/h5-6,10,12,21H,3-4,7-9H2,1-2H3/t12-/m1/s1. The van der Waals surface area contributed by atoms with Crippen LogP contribution in [-0.4, -0.2) is 40.9 Å². The van der Waals surface area contributed by atoms with Gasteiger partial charge in [0.15, 0.2) is 5.82 Å². The van der Waals surface area contributed by atoms with Gasteiger partial charge in [0.25, 0.3) is 0 Å². The second kappa shape index (κ2) is 6.07. The minimum Gasteiger partial charge on any atom is -0.496 e. The molecule has 0 spiro atoms. The van der Waals surface area contributed by atoms with Crippen molar-refractivity contribution in [3.05, 3.63) is 35.0 Å². The minimum absolute atomic E-state index is 0.472. The van der Waals surface area contributed by atoms with Crippen molar-refractivity contribution in [2.24, 2.45) is 0 Å². The lowest BCUT2D eigenvalue weighted by Gasteiger charge is -2.33. The molecule has 2 aliphatic rings. The summed E-state index contributed by atoms with van der Waals surface area (Å²) in [7, 11) is 3.24. The van der Waals surface area contributed by atoms with Crippen LogP contribution in [0.2, 0.25) is 0 Å². The van der Waals surface area contributed by atoms with Crippen molar-refractivity contribution in [1.82, 2.24) is 15.0 Å². The highest BCUT2D eigenvalue weighted by Crippen LogP contribution is 2.40. The number of fused-ring (bicyclic) bond motifs is 1. The quantitative estimate of drug-likeness (QED) is 0.897. The molecule has 2 aromatic rings. The van der Waals surface area contributed by atoms with Crippen LogP contribution >= 0.6 is 0 Å². The van der Waals surface area contributed by atoms with E-state index in [4.69, 9.17) is 14.0 Å². The number of aliphatic hydroxyl groups excluding tert-OH is 1. The van der Waals surface area contributed by atoms with Crippen LogP contribution in [0.1, 0.15) is 47.7 Å². The summed E-state index contributed by atoms with van der Waals surface area (Å²) in [6.07, 6.45) is 1.64. The molecular weight excluding hydrogens is 310 g/mol. The van der Waals surface area contributed by atoms with E-state index in [1.165, 1.54) is 0 Å². The monoisotopic (exact) mass is 331 g/mol. The molecule has 1 aromatic heterocycles. The third kappa shape index (κ3) is 2.74. The van der Waals surface area contributed by atoms with Gasteiger partial charge in [0.05, 0.1) is 26.9 Å². The van der Waals surface area contributed by atoms with Crippen LogP contribution in [-0.2, 0) is 13.1 Å². The van der Waals surface area contributed by atoms with Gasteiger partial charge in [0, 0.05) is 30.1 Å². The fourth-order valence-corrected chi connectivity index (χ4v) is 3.30. The van der Waals surface area contributed by atoms with Gasteiger partial charge in [-0.1, -0.05) is 5.16 Å². The van der Waals surface area contributed by atoms with Gasteiger partial charge < -0.3 is 19.1 Å². The van der Waals surface area contributed by atoms with Crippen LogP contribution in [0.3, 0.4) is 0 Å². The fourth-order valence-electron chi connectivity index (χ4n) is 3.30. The number of ether oxygens (including phenoxy) is 2. The van der Waals surface area contributed by atoms with Crippen molar-refractivity contribution in [2.75, 3.05) is 20.8 Å². The number of nitrogens with zero attached hydrogens (tertiary/aromatic N) is 3. The number of benzene rings is 1. The van der Waals surface area contributed by atoms with Crippen LogP contribution in [0.4, 0.5) is 0 Å². The molecule has 0 amide bonds. The van der Waals surface area contributed by atoms with Gasteiger partial charge >= 0.3 is 0 Å². The molecule has 7 nitrogen and oxygen atoms in total. The van der Waals surface area contributed by atoms with Crippen molar-refractivity contribution in [2.45, 2.75) is 38.0 Å². The smallest absolute Gasteiger partial charge is 0.240 e. The van der Waals surface area contributed by atoms with Gasteiger partial charge in [0.2, 0.25) is 5.89 Å². The van der Waals surface area contributed by atoms with Crippen molar-refractivity contribution in [3.63, 3.8) is 0 Å². The third-order valence-electron chi connectivity index (χ3n) is 4.65. The Kier molecular flexibility index (Phi) is 3.90. The van der Waals surface area contributed by atoms with E-state index in [2.05, 4.69) is 15.0 Å². The lowest BCUT2D eigenvalue weighted by molar-refractivity contribution is 0.0779. The van der Waals surface area contributed by atoms with E-state index in [0.717, 1.165) is 35.5 Å². The van der Waals surface area contributed by atoms with Crippen molar-refractivity contribution in [3.8, 4) is 11.5 Å². The summed E-state index contributed by atoms with van der Waals surface area (Å²) in [5.41, 5.74) is 1.75. The highest BCUT2D eigenvalue weighted by Gasteiger charge is 2.32. The van der Waals surface area contributed by atoms with E-state index < -0.39 is 6.10 Å². The zero-order valence-electron chi connectivity index (χ0n) is 13.9. The van der Waals surface area contributed by atoms with E-state index in [9.17, 15) is 5.11 Å². The number of β-amino-alcohol motifs (C(OH)–C–C–N with tert-alkyl or cyclic N) is 1. The highest BCUT2D eigenvalue weighted by atomic mass is 16.5. The Morgan fingerprint density at radius 3 is 2.71 bits per heavy atom. The number of rotatable bonds is 5. The lowest BCUT2D eigenvalue weighted by Crippen LogP contribution is -2.33. The Labute approximate surface area is 140 Å². The van der Waals surface area contributed by atoms with E-state index in [1.807, 2.05) is 12.1 Å². The Hall–Kier alpha value is -2.12. The molecule has 24 heavy (non-hydrogen) atoms. The van der Waals surface area contributed by atoms with Gasteiger partial charge in [-0.3, -0.25) is 4.90 Å². The van der Waals surface area contributed by atoms with Gasteiger partial charge in [0.1, 0.15) is 11.5 Å². The predicted octanol–water partition coefficient (Wildman–Crippen LogP) is 2.01. The van der Waals surface area contributed by atoms with Crippen LogP contribution in [0.5, 0.6) is 11.5 Å². The molecule has 1 saturated carbocycles. The van der Waals surface area contributed by atoms with Gasteiger partial charge in [-0.05, 0) is 25.0 Å². The molecule has 2 heterocycles. The third-order valence-corrected chi connectivity index (χ3v) is 4.65.